The van der Waals surface area contributed by atoms with E-state index in [9.17, 15) is 18.8 Å². The summed E-state index contributed by atoms with van der Waals surface area (Å²) in [5.74, 6) is -1.87. The molecule has 104 valence electrons. The molecule has 0 aliphatic carbocycles. The van der Waals surface area contributed by atoms with Crippen molar-refractivity contribution in [2.45, 2.75) is 6.42 Å². The minimum absolute atomic E-state index is 0.0125. The molecule has 3 rings (SSSR count). The lowest BCUT2D eigenvalue weighted by molar-refractivity contribution is 0.0878. The van der Waals surface area contributed by atoms with E-state index in [4.69, 9.17) is 0 Å². The van der Waals surface area contributed by atoms with Gasteiger partial charge in [0.2, 0.25) is 0 Å². The lowest BCUT2D eigenvalue weighted by atomic mass is 9.99. The monoisotopic (exact) mass is 283 g/mol. The zero-order chi connectivity index (χ0) is 15.0. The molecule has 0 saturated carbocycles. The van der Waals surface area contributed by atoms with Crippen LogP contribution in [0, 0.1) is 5.82 Å². The molecule has 0 spiro atoms. The Labute approximate surface area is 119 Å². The fourth-order valence-electron chi connectivity index (χ4n) is 2.29. The Morgan fingerprint density at radius 2 is 1.71 bits per heavy atom. The van der Waals surface area contributed by atoms with Gasteiger partial charge < -0.3 is 0 Å². The van der Waals surface area contributed by atoms with E-state index < -0.39 is 17.6 Å². The molecule has 0 fully saturated rings. The van der Waals surface area contributed by atoms with Gasteiger partial charge in [-0.2, -0.15) is 0 Å². The van der Waals surface area contributed by atoms with Gasteiger partial charge in [0.05, 0.1) is 16.7 Å². The van der Waals surface area contributed by atoms with E-state index in [0.717, 1.165) is 0 Å². The van der Waals surface area contributed by atoms with E-state index in [0.29, 0.717) is 11.1 Å². The number of hydrogen-bond acceptors (Lipinski definition) is 3. The second-order valence-electron chi connectivity index (χ2n) is 4.74. The summed E-state index contributed by atoms with van der Waals surface area (Å²) >= 11 is 0. The van der Waals surface area contributed by atoms with Crippen molar-refractivity contribution in [2.24, 2.45) is 0 Å². The third-order valence-corrected chi connectivity index (χ3v) is 3.34. The highest BCUT2D eigenvalue weighted by Crippen LogP contribution is 2.19. The Hall–Kier alpha value is -2.82. The molecule has 2 aromatic carbocycles. The number of imide groups is 1. The van der Waals surface area contributed by atoms with Crippen LogP contribution in [0.2, 0.25) is 0 Å². The van der Waals surface area contributed by atoms with Crippen molar-refractivity contribution < 1.29 is 18.8 Å². The van der Waals surface area contributed by atoms with Crippen LogP contribution in [0.1, 0.15) is 36.6 Å². The lowest BCUT2D eigenvalue weighted by Gasteiger charge is -2.04. The first-order chi connectivity index (χ1) is 10.1. The fraction of sp³-hybridized carbons (Fsp3) is 0.0625. The van der Waals surface area contributed by atoms with Crippen LogP contribution in [-0.4, -0.2) is 17.6 Å². The Morgan fingerprint density at radius 1 is 1.00 bits per heavy atom. The number of nitrogens with one attached hydrogen (secondary N) is 1. The molecule has 5 heteroatoms. The maximum atomic E-state index is 13.5. The van der Waals surface area contributed by atoms with Gasteiger partial charge in [-0.05, 0) is 29.8 Å². The smallest absolute Gasteiger partial charge is 0.258 e. The molecular formula is C16H10FNO3. The maximum Gasteiger partial charge on any atom is 0.258 e. The summed E-state index contributed by atoms with van der Waals surface area (Å²) in [7, 11) is 0. The summed E-state index contributed by atoms with van der Waals surface area (Å²) in [5.41, 5.74) is 1.12. The average molecular weight is 283 g/mol. The summed E-state index contributed by atoms with van der Waals surface area (Å²) in [5, 5.41) is 2.18. The quantitative estimate of drug-likeness (QED) is 0.693. The van der Waals surface area contributed by atoms with Gasteiger partial charge in [-0.15, -0.1) is 0 Å². The van der Waals surface area contributed by atoms with Crippen LogP contribution in [0.25, 0.3) is 0 Å². The predicted molar refractivity (Wildman–Crippen MR) is 72.7 cm³/mol. The molecule has 1 aliphatic heterocycles. The van der Waals surface area contributed by atoms with Crippen molar-refractivity contribution in [1.82, 2.24) is 5.32 Å². The zero-order valence-electron chi connectivity index (χ0n) is 10.9. The number of Topliss-reactive ketones (excluding diaryl/α,β-unsaturated/α-hetero) is 1. The number of benzene rings is 2. The third-order valence-electron chi connectivity index (χ3n) is 3.34. The second-order valence-corrected chi connectivity index (χ2v) is 4.74. The van der Waals surface area contributed by atoms with Gasteiger partial charge in [-0.25, -0.2) is 4.39 Å². The minimum atomic E-state index is -0.573. The Morgan fingerprint density at radius 3 is 2.48 bits per heavy atom. The predicted octanol–water partition coefficient (Wildman–Crippen LogP) is 2.13. The SMILES string of the molecule is O=C(Cc1ccc2c(c1)C(=O)NC2=O)c1ccccc1F. The van der Waals surface area contributed by atoms with E-state index in [2.05, 4.69) is 5.32 Å². The van der Waals surface area contributed by atoms with Crippen molar-refractivity contribution in [3.63, 3.8) is 0 Å². The molecule has 0 unspecified atom stereocenters. The van der Waals surface area contributed by atoms with Crippen LogP contribution in [0.15, 0.2) is 42.5 Å². The Kier molecular flexibility index (Phi) is 3.10. The molecule has 1 N–H and O–H groups in total. The largest absolute Gasteiger partial charge is 0.294 e. The van der Waals surface area contributed by atoms with Gasteiger partial charge in [0, 0.05) is 6.42 Å². The van der Waals surface area contributed by atoms with Gasteiger partial charge >= 0.3 is 0 Å². The van der Waals surface area contributed by atoms with E-state index >= 15 is 0 Å². The van der Waals surface area contributed by atoms with Crippen LogP contribution in [0.5, 0.6) is 0 Å². The highest BCUT2D eigenvalue weighted by atomic mass is 19.1. The standard InChI is InChI=1S/C16H10FNO3/c17-13-4-2-1-3-11(13)14(19)8-9-5-6-10-12(7-9)16(21)18-15(10)20/h1-7H,8H2,(H,18,20,21). The molecule has 21 heavy (non-hydrogen) atoms. The van der Waals surface area contributed by atoms with Gasteiger partial charge in [0.25, 0.3) is 11.8 Å². The molecule has 1 heterocycles. The normalized spacial score (nSPS) is 13.0. The van der Waals surface area contributed by atoms with E-state index in [1.54, 1.807) is 12.1 Å². The van der Waals surface area contributed by atoms with E-state index in [1.807, 2.05) is 0 Å². The van der Waals surface area contributed by atoms with E-state index in [-0.39, 0.29) is 23.3 Å². The molecule has 0 aromatic heterocycles. The van der Waals surface area contributed by atoms with Crippen LogP contribution in [-0.2, 0) is 6.42 Å². The number of carbonyl (C=O) groups is 3. The molecule has 0 bridgehead atoms. The lowest BCUT2D eigenvalue weighted by Crippen LogP contribution is -2.19. The first-order valence-electron chi connectivity index (χ1n) is 6.32. The highest BCUT2D eigenvalue weighted by Gasteiger charge is 2.26. The molecule has 2 amide bonds. The van der Waals surface area contributed by atoms with Crippen molar-refractivity contribution in [1.29, 1.82) is 0 Å². The Bertz CT molecular complexity index is 783. The number of amides is 2. The number of hydrogen-bond donors (Lipinski definition) is 1. The summed E-state index contributed by atoms with van der Waals surface area (Å²) in [6.45, 7) is 0. The number of ketones is 1. The minimum Gasteiger partial charge on any atom is -0.294 e. The van der Waals surface area contributed by atoms with Crippen molar-refractivity contribution >= 4 is 17.6 Å². The molecular weight excluding hydrogens is 273 g/mol. The first kappa shape index (κ1) is 13.2. The van der Waals surface area contributed by atoms with Crippen LogP contribution < -0.4 is 5.32 Å². The molecule has 2 aromatic rings. The third kappa shape index (κ3) is 2.33. The van der Waals surface area contributed by atoms with Gasteiger partial charge in [0.1, 0.15) is 5.82 Å². The van der Waals surface area contributed by atoms with Gasteiger partial charge in [0.15, 0.2) is 5.78 Å². The molecule has 4 nitrogen and oxygen atoms in total. The van der Waals surface area contributed by atoms with Gasteiger partial charge in [-0.1, -0.05) is 18.2 Å². The Balaban J connectivity index is 1.88. The molecule has 0 radical (unpaired) electrons. The molecule has 0 atom stereocenters. The highest BCUT2D eigenvalue weighted by molar-refractivity contribution is 6.21. The van der Waals surface area contributed by atoms with Crippen LogP contribution in [0.4, 0.5) is 4.39 Å². The van der Waals surface area contributed by atoms with Gasteiger partial charge in [-0.3, -0.25) is 19.7 Å². The summed E-state index contributed by atoms with van der Waals surface area (Å²) in [6, 6.07) is 10.3. The topological polar surface area (TPSA) is 63.2 Å². The summed E-state index contributed by atoms with van der Waals surface area (Å²) in [4.78, 5) is 35.1. The van der Waals surface area contributed by atoms with Crippen molar-refractivity contribution in [3.8, 4) is 0 Å². The number of carbonyl (C=O) groups excluding carboxylic acids is 3. The van der Waals surface area contributed by atoms with Crippen LogP contribution >= 0.6 is 0 Å². The van der Waals surface area contributed by atoms with Crippen molar-refractivity contribution in [3.05, 3.63) is 70.5 Å². The maximum absolute atomic E-state index is 13.5. The van der Waals surface area contributed by atoms with Crippen LogP contribution in [0.3, 0.4) is 0 Å². The van der Waals surface area contributed by atoms with Crippen molar-refractivity contribution in [2.75, 3.05) is 0 Å². The molecule has 1 aliphatic rings. The number of halogens is 1. The number of rotatable bonds is 3. The second kappa shape index (κ2) is 4.94. The average Bonchev–Trinajstić information content (AvgIpc) is 2.74. The summed E-state index contributed by atoms with van der Waals surface area (Å²) < 4.78 is 13.5. The molecule has 0 saturated heterocycles. The zero-order valence-corrected chi connectivity index (χ0v) is 10.9. The summed E-state index contributed by atoms with van der Waals surface area (Å²) in [6.07, 6.45) is -0.0321. The van der Waals surface area contributed by atoms with E-state index in [1.165, 1.54) is 30.3 Å². The fourth-order valence-corrected chi connectivity index (χ4v) is 2.29. The first-order valence-corrected chi connectivity index (χ1v) is 6.32. The number of fused-ring (bicyclic) bond motifs is 1.